The number of phenols is 1. The van der Waals surface area contributed by atoms with Gasteiger partial charge in [-0.15, -0.1) is 10.2 Å². The lowest BCUT2D eigenvalue weighted by Crippen LogP contribution is -2.02. The van der Waals surface area contributed by atoms with E-state index in [-0.39, 0.29) is 11.5 Å². The summed E-state index contributed by atoms with van der Waals surface area (Å²) in [6.07, 6.45) is 3.05. The van der Waals surface area contributed by atoms with Crippen LogP contribution in [-0.2, 0) is 4.79 Å². The van der Waals surface area contributed by atoms with Crippen LogP contribution in [0.5, 0.6) is 5.75 Å². The Hall–Kier alpha value is -3.59. The molecule has 4 rings (SSSR count). The topological polar surface area (TPSA) is 114 Å². The molecule has 0 spiro atoms. The summed E-state index contributed by atoms with van der Waals surface area (Å²) in [5.41, 5.74) is 1.24. The summed E-state index contributed by atoms with van der Waals surface area (Å²) in [6.45, 7) is 1.79. The fourth-order valence-electron chi connectivity index (χ4n) is 2.91. The molecule has 146 valence electrons. The zero-order valence-electron chi connectivity index (χ0n) is 15.3. The SMILES string of the molecule is Cc1occc1-c1nnc(SCC(=O)O)n1/N=C/c1c(O)ccc2ccccc12. The van der Waals surface area contributed by atoms with Gasteiger partial charge in [-0.05, 0) is 29.8 Å². The first-order valence-electron chi connectivity index (χ1n) is 8.64. The Bertz CT molecular complexity index is 1230. The van der Waals surface area contributed by atoms with Crippen LogP contribution in [0.15, 0.2) is 63.4 Å². The molecule has 0 aliphatic carbocycles. The van der Waals surface area contributed by atoms with Gasteiger partial charge >= 0.3 is 5.97 Å². The van der Waals surface area contributed by atoms with Crippen molar-refractivity contribution in [2.24, 2.45) is 5.10 Å². The molecule has 2 N–H and O–H groups in total. The number of hydrogen-bond donors (Lipinski definition) is 2. The number of aliphatic carboxylic acids is 1. The van der Waals surface area contributed by atoms with Crippen LogP contribution in [0.4, 0.5) is 0 Å². The quantitative estimate of drug-likeness (QED) is 0.369. The average molecular weight is 408 g/mol. The molecule has 0 fully saturated rings. The summed E-state index contributed by atoms with van der Waals surface area (Å²) in [7, 11) is 0. The number of thioether (sulfide) groups is 1. The third-order valence-electron chi connectivity index (χ3n) is 4.29. The number of carboxylic acids is 1. The minimum Gasteiger partial charge on any atom is -0.507 e. The van der Waals surface area contributed by atoms with Crippen LogP contribution in [-0.4, -0.2) is 43.0 Å². The third-order valence-corrected chi connectivity index (χ3v) is 5.19. The largest absolute Gasteiger partial charge is 0.507 e. The van der Waals surface area contributed by atoms with Gasteiger partial charge in [-0.25, -0.2) is 0 Å². The molecule has 8 nitrogen and oxygen atoms in total. The van der Waals surface area contributed by atoms with Crippen molar-refractivity contribution in [3.63, 3.8) is 0 Å². The van der Waals surface area contributed by atoms with Gasteiger partial charge in [-0.3, -0.25) is 4.79 Å². The van der Waals surface area contributed by atoms with Crippen LogP contribution < -0.4 is 0 Å². The van der Waals surface area contributed by atoms with Crippen LogP contribution in [0, 0.1) is 6.92 Å². The molecule has 0 unspecified atom stereocenters. The fourth-order valence-corrected chi connectivity index (χ4v) is 3.51. The number of hydrogen-bond acceptors (Lipinski definition) is 7. The number of aryl methyl sites for hydroxylation is 1. The van der Waals surface area contributed by atoms with E-state index in [0.717, 1.165) is 22.5 Å². The standard InChI is InChI=1S/C20H16N4O4S/c1-12-14(8-9-28-12)19-22-23-20(29-11-18(26)27)24(19)21-10-16-15-5-3-2-4-13(15)6-7-17(16)25/h2-10,25H,11H2,1H3,(H,26,27)/b21-10+. The molecule has 2 aromatic carbocycles. The molecule has 0 bridgehead atoms. The van der Waals surface area contributed by atoms with Gasteiger partial charge in [0.2, 0.25) is 5.16 Å². The monoisotopic (exact) mass is 408 g/mol. The van der Waals surface area contributed by atoms with Crippen LogP contribution in [0.25, 0.3) is 22.2 Å². The Kier molecular flexibility index (Phi) is 5.05. The molecule has 2 heterocycles. The molecule has 0 atom stereocenters. The highest BCUT2D eigenvalue weighted by Crippen LogP contribution is 2.28. The summed E-state index contributed by atoms with van der Waals surface area (Å²) >= 11 is 1.01. The van der Waals surface area contributed by atoms with Crippen LogP contribution in [0.1, 0.15) is 11.3 Å². The highest BCUT2D eigenvalue weighted by molar-refractivity contribution is 7.99. The fraction of sp³-hybridized carbons (Fsp3) is 0.100. The third kappa shape index (κ3) is 3.72. The number of benzene rings is 2. The molecule has 0 aliphatic heterocycles. The van der Waals surface area contributed by atoms with Crippen molar-refractivity contribution in [1.82, 2.24) is 14.9 Å². The average Bonchev–Trinajstić information content (AvgIpc) is 3.31. The zero-order chi connectivity index (χ0) is 20.4. The molecule has 4 aromatic rings. The molecule has 29 heavy (non-hydrogen) atoms. The molecule has 0 radical (unpaired) electrons. The van der Waals surface area contributed by atoms with Crippen molar-refractivity contribution in [3.05, 3.63) is 60.1 Å². The van der Waals surface area contributed by atoms with Gasteiger partial charge in [-0.1, -0.05) is 42.1 Å². The number of rotatable bonds is 6. The molecule has 9 heteroatoms. The van der Waals surface area contributed by atoms with Crippen LogP contribution in [0.2, 0.25) is 0 Å². The number of carbonyl (C=O) groups is 1. The van der Waals surface area contributed by atoms with E-state index in [9.17, 15) is 9.90 Å². The predicted octanol–water partition coefficient (Wildman–Crippen LogP) is 3.76. The Morgan fingerprint density at radius 2 is 2.07 bits per heavy atom. The van der Waals surface area contributed by atoms with E-state index in [1.807, 2.05) is 30.3 Å². The first-order chi connectivity index (χ1) is 14.0. The van der Waals surface area contributed by atoms with Crippen LogP contribution >= 0.6 is 11.8 Å². The van der Waals surface area contributed by atoms with E-state index in [1.54, 1.807) is 19.1 Å². The second-order valence-corrected chi connectivity index (χ2v) is 7.10. The number of nitrogens with zero attached hydrogens (tertiary/aromatic N) is 4. The second kappa shape index (κ2) is 7.80. The smallest absolute Gasteiger partial charge is 0.313 e. The Morgan fingerprint density at radius 1 is 1.24 bits per heavy atom. The van der Waals surface area contributed by atoms with Crippen molar-refractivity contribution in [3.8, 4) is 17.1 Å². The number of carboxylic acid groups (broad SMARTS) is 1. The molecule has 0 amide bonds. The molecule has 0 saturated heterocycles. The minimum atomic E-state index is -0.971. The summed E-state index contributed by atoms with van der Waals surface area (Å²) < 4.78 is 6.80. The van der Waals surface area contributed by atoms with Gasteiger partial charge in [0.1, 0.15) is 11.5 Å². The van der Waals surface area contributed by atoms with E-state index in [1.165, 1.54) is 17.2 Å². The number of aromatic hydroxyl groups is 1. The molecular weight excluding hydrogens is 392 g/mol. The number of aromatic nitrogens is 3. The Morgan fingerprint density at radius 3 is 2.83 bits per heavy atom. The van der Waals surface area contributed by atoms with E-state index in [2.05, 4.69) is 15.3 Å². The molecule has 0 aliphatic rings. The normalized spacial score (nSPS) is 11.5. The van der Waals surface area contributed by atoms with Crippen molar-refractivity contribution < 1.29 is 19.4 Å². The molecular formula is C20H16N4O4S. The van der Waals surface area contributed by atoms with Crippen molar-refractivity contribution >= 4 is 34.7 Å². The highest BCUT2D eigenvalue weighted by Gasteiger charge is 2.18. The van der Waals surface area contributed by atoms with E-state index >= 15 is 0 Å². The maximum atomic E-state index is 11.0. The maximum absolute atomic E-state index is 11.0. The first-order valence-corrected chi connectivity index (χ1v) is 9.62. The van der Waals surface area contributed by atoms with Crippen molar-refractivity contribution in [1.29, 1.82) is 0 Å². The van der Waals surface area contributed by atoms with Crippen LogP contribution in [0.3, 0.4) is 0 Å². The van der Waals surface area contributed by atoms with Gasteiger partial charge in [0.25, 0.3) is 0 Å². The van der Waals surface area contributed by atoms with E-state index in [4.69, 9.17) is 9.52 Å². The Labute approximate surface area is 169 Å². The van der Waals surface area contributed by atoms with E-state index in [0.29, 0.717) is 27.9 Å². The highest BCUT2D eigenvalue weighted by atomic mass is 32.2. The lowest BCUT2D eigenvalue weighted by atomic mass is 10.0. The number of furan rings is 1. The van der Waals surface area contributed by atoms with Gasteiger partial charge in [0.15, 0.2) is 5.82 Å². The Balaban J connectivity index is 1.82. The molecule has 2 aromatic heterocycles. The summed E-state index contributed by atoms with van der Waals surface area (Å²) in [4.78, 5) is 11.0. The number of phenolic OH excluding ortho intramolecular Hbond substituents is 1. The predicted molar refractivity (Wildman–Crippen MR) is 109 cm³/mol. The van der Waals surface area contributed by atoms with E-state index < -0.39 is 5.97 Å². The molecule has 0 saturated carbocycles. The van der Waals surface area contributed by atoms with Gasteiger partial charge in [0, 0.05) is 5.56 Å². The summed E-state index contributed by atoms with van der Waals surface area (Å²) in [5.74, 6) is -0.0169. The minimum absolute atomic E-state index is 0.0845. The first kappa shape index (κ1) is 18.8. The maximum Gasteiger partial charge on any atom is 0.313 e. The van der Waals surface area contributed by atoms with Crippen molar-refractivity contribution in [2.75, 3.05) is 5.75 Å². The van der Waals surface area contributed by atoms with Gasteiger partial charge in [-0.2, -0.15) is 9.78 Å². The van der Waals surface area contributed by atoms with Gasteiger partial charge < -0.3 is 14.6 Å². The van der Waals surface area contributed by atoms with Gasteiger partial charge in [0.05, 0.1) is 23.8 Å². The number of fused-ring (bicyclic) bond motifs is 1. The second-order valence-electron chi connectivity index (χ2n) is 6.15. The lowest BCUT2D eigenvalue weighted by molar-refractivity contribution is -0.133. The summed E-state index contributed by atoms with van der Waals surface area (Å²) in [5, 5.41) is 34.2. The summed E-state index contributed by atoms with van der Waals surface area (Å²) in [6, 6.07) is 12.8. The zero-order valence-corrected chi connectivity index (χ0v) is 16.1. The lowest BCUT2D eigenvalue weighted by Gasteiger charge is -2.06. The van der Waals surface area contributed by atoms with Crippen molar-refractivity contribution in [2.45, 2.75) is 12.1 Å².